The molecule has 0 aliphatic heterocycles. The summed E-state index contributed by atoms with van der Waals surface area (Å²) < 4.78 is 0. The maximum atomic E-state index is 12.0. The van der Waals surface area contributed by atoms with Crippen LogP contribution in [0.4, 0.5) is 0 Å². The number of carbonyl (C=O) groups excluding carboxylic acids is 1. The topological polar surface area (TPSA) is 49.3 Å². The molecule has 2 rings (SSSR count). The standard InChI is InChI=1S/C17H18ClNO2/c1-12(14-7-3-4-8-15(14)18)19-17(21)11-10-13-6-2-5-9-16(13)20/h2-9,12,20H,10-11H2,1H3,(H,19,21)/t12-/m0/s1. The van der Waals surface area contributed by atoms with Gasteiger partial charge in [-0.2, -0.15) is 0 Å². The largest absolute Gasteiger partial charge is 0.508 e. The molecule has 1 atom stereocenters. The van der Waals surface area contributed by atoms with E-state index in [1.165, 1.54) is 0 Å². The van der Waals surface area contributed by atoms with E-state index >= 15 is 0 Å². The van der Waals surface area contributed by atoms with Crippen molar-refractivity contribution in [3.63, 3.8) is 0 Å². The zero-order chi connectivity index (χ0) is 15.2. The van der Waals surface area contributed by atoms with Crippen molar-refractivity contribution in [2.45, 2.75) is 25.8 Å². The first-order valence-electron chi connectivity index (χ1n) is 6.88. The fraction of sp³-hybridized carbons (Fsp3) is 0.235. The van der Waals surface area contributed by atoms with Crippen LogP contribution in [0.25, 0.3) is 0 Å². The SMILES string of the molecule is C[C@H](NC(=O)CCc1ccccc1O)c1ccccc1Cl. The van der Waals surface area contributed by atoms with Crippen molar-refractivity contribution >= 4 is 17.5 Å². The highest BCUT2D eigenvalue weighted by molar-refractivity contribution is 6.31. The van der Waals surface area contributed by atoms with E-state index in [4.69, 9.17) is 11.6 Å². The summed E-state index contributed by atoms with van der Waals surface area (Å²) in [4.78, 5) is 12.0. The van der Waals surface area contributed by atoms with Crippen LogP contribution >= 0.6 is 11.6 Å². The molecule has 0 aromatic heterocycles. The maximum Gasteiger partial charge on any atom is 0.220 e. The summed E-state index contributed by atoms with van der Waals surface area (Å²) in [7, 11) is 0. The number of benzene rings is 2. The number of phenolic OH excluding ortho intramolecular Hbond substituents is 1. The second-order valence-electron chi connectivity index (χ2n) is 4.94. The van der Waals surface area contributed by atoms with Crippen LogP contribution in [0.3, 0.4) is 0 Å². The number of hydrogen-bond donors (Lipinski definition) is 2. The second-order valence-corrected chi connectivity index (χ2v) is 5.35. The normalized spacial score (nSPS) is 11.9. The van der Waals surface area contributed by atoms with E-state index in [9.17, 15) is 9.90 Å². The van der Waals surface area contributed by atoms with Crippen molar-refractivity contribution in [1.82, 2.24) is 5.32 Å². The number of phenols is 1. The molecule has 0 aliphatic rings. The molecule has 4 heteroatoms. The van der Waals surface area contributed by atoms with Crippen molar-refractivity contribution in [2.24, 2.45) is 0 Å². The van der Waals surface area contributed by atoms with E-state index in [0.29, 0.717) is 17.9 Å². The monoisotopic (exact) mass is 303 g/mol. The molecule has 2 aromatic carbocycles. The lowest BCUT2D eigenvalue weighted by Crippen LogP contribution is -2.27. The molecule has 21 heavy (non-hydrogen) atoms. The molecule has 0 fully saturated rings. The van der Waals surface area contributed by atoms with Gasteiger partial charge in [-0.05, 0) is 36.6 Å². The number of aromatic hydroxyl groups is 1. The van der Waals surface area contributed by atoms with Crippen LogP contribution in [0.2, 0.25) is 5.02 Å². The summed E-state index contributed by atoms with van der Waals surface area (Å²) in [5.41, 5.74) is 1.67. The number of amides is 1. The van der Waals surface area contributed by atoms with Crippen molar-refractivity contribution in [2.75, 3.05) is 0 Å². The molecule has 0 spiro atoms. The first-order valence-corrected chi connectivity index (χ1v) is 7.26. The van der Waals surface area contributed by atoms with E-state index in [1.807, 2.05) is 43.3 Å². The number of rotatable bonds is 5. The number of hydrogen-bond acceptors (Lipinski definition) is 2. The van der Waals surface area contributed by atoms with Crippen LogP contribution in [0.1, 0.15) is 30.5 Å². The van der Waals surface area contributed by atoms with Gasteiger partial charge in [-0.3, -0.25) is 4.79 Å². The Bertz CT molecular complexity index is 628. The van der Waals surface area contributed by atoms with Gasteiger partial charge in [0.1, 0.15) is 5.75 Å². The molecule has 0 unspecified atom stereocenters. The van der Waals surface area contributed by atoms with Crippen molar-refractivity contribution < 1.29 is 9.90 Å². The van der Waals surface area contributed by atoms with Crippen LogP contribution in [0, 0.1) is 0 Å². The average molecular weight is 304 g/mol. The average Bonchev–Trinajstić information content (AvgIpc) is 2.46. The zero-order valence-corrected chi connectivity index (χ0v) is 12.6. The van der Waals surface area contributed by atoms with Gasteiger partial charge in [-0.1, -0.05) is 48.0 Å². The van der Waals surface area contributed by atoms with Crippen LogP contribution in [-0.4, -0.2) is 11.0 Å². The highest BCUT2D eigenvalue weighted by Crippen LogP contribution is 2.22. The molecule has 0 aliphatic carbocycles. The molecule has 1 amide bonds. The maximum absolute atomic E-state index is 12.0. The van der Waals surface area contributed by atoms with Gasteiger partial charge < -0.3 is 10.4 Å². The van der Waals surface area contributed by atoms with Gasteiger partial charge in [0.25, 0.3) is 0 Å². The van der Waals surface area contributed by atoms with Crippen LogP contribution in [-0.2, 0) is 11.2 Å². The number of para-hydroxylation sites is 1. The quantitative estimate of drug-likeness (QED) is 0.881. The molecular weight excluding hydrogens is 286 g/mol. The molecule has 0 bridgehead atoms. The number of aryl methyl sites for hydroxylation is 1. The third-order valence-electron chi connectivity index (χ3n) is 3.36. The minimum atomic E-state index is -0.143. The van der Waals surface area contributed by atoms with Crippen LogP contribution in [0.15, 0.2) is 48.5 Å². The van der Waals surface area contributed by atoms with E-state index in [1.54, 1.807) is 12.1 Å². The molecule has 2 N–H and O–H groups in total. The number of carbonyl (C=O) groups is 1. The Balaban J connectivity index is 1.90. The third kappa shape index (κ3) is 4.23. The molecule has 3 nitrogen and oxygen atoms in total. The Morgan fingerprint density at radius 1 is 1.19 bits per heavy atom. The Morgan fingerprint density at radius 2 is 1.86 bits per heavy atom. The van der Waals surface area contributed by atoms with Crippen LogP contribution in [0.5, 0.6) is 5.75 Å². The van der Waals surface area contributed by atoms with Gasteiger partial charge in [0.05, 0.1) is 6.04 Å². The molecule has 0 saturated heterocycles. The first-order chi connectivity index (χ1) is 10.1. The summed E-state index contributed by atoms with van der Waals surface area (Å²) >= 11 is 6.11. The first kappa shape index (κ1) is 15.4. The van der Waals surface area contributed by atoms with Gasteiger partial charge in [0.2, 0.25) is 5.91 Å². The predicted octanol–water partition coefficient (Wildman–Crippen LogP) is 3.86. The minimum Gasteiger partial charge on any atom is -0.508 e. The Labute approximate surface area is 129 Å². The summed E-state index contributed by atoms with van der Waals surface area (Å²) in [6.07, 6.45) is 0.833. The van der Waals surface area contributed by atoms with Crippen molar-refractivity contribution in [3.8, 4) is 5.75 Å². The molecular formula is C17H18ClNO2. The van der Waals surface area contributed by atoms with Gasteiger partial charge in [0, 0.05) is 11.4 Å². The fourth-order valence-corrected chi connectivity index (χ4v) is 2.49. The van der Waals surface area contributed by atoms with Gasteiger partial charge >= 0.3 is 0 Å². The van der Waals surface area contributed by atoms with Gasteiger partial charge in [-0.25, -0.2) is 0 Å². The van der Waals surface area contributed by atoms with Gasteiger partial charge in [-0.15, -0.1) is 0 Å². The lowest BCUT2D eigenvalue weighted by molar-refractivity contribution is -0.121. The Morgan fingerprint density at radius 3 is 2.57 bits per heavy atom. The fourth-order valence-electron chi connectivity index (χ4n) is 2.19. The lowest BCUT2D eigenvalue weighted by atomic mass is 10.1. The zero-order valence-electron chi connectivity index (χ0n) is 11.8. The molecule has 0 heterocycles. The molecule has 0 radical (unpaired) electrons. The van der Waals surface area contributed by atoms with Gasteiger partial charge in [0.15, 0.2) is 0 Å². The highest BCUT2D eigenvalue weighted by atomic mass is 35.5. The third-order valence-corrected chi connectivity index (χ3v) is 3.71. The second kappa shape index (κ2) is 7.14. The van der Waals surface area contributed by atoms with Crippen molar-refractivity contribution in [3.05, 3.63) is 64.7 Å². The highest BCUT2D eigenvalue weighted by Gasteiger charge is 2.12. The molecule has 110 valence electrons. The number of nitrogens with one attached hydrogen (secondary N) is 1. The molecule has 2 aromatic rings. The predicted molar refractivity (Wildman–Crippen MR) is 84.4 cm³/mol. The minimum absolute atomic E-state index is 0.0642. The van der Waals surface area contributed by atoms with Crippen molar-refractivity contribution in [1.29, 1.82) is 0 Å². The van der Waals surface area contributed by atoms with E-state index < -0.39 is 0 Å². The Kier molecular flexibility index (Phi) is 5.23. The van der Waals surface area contributed by atoms with Crippen LogP contribution < -0.4 is 5.32 Å². The van der Waals surface area contributed by atoms with E-state index in [0.717, 1.165) is 11.1 Å². The smallest absolute Gasteiger partial charge is 0.220 e. The lowest BCUT2D eigenvalue weighted by Gasteiger charge is -2.15. The van der Waals surface area contributed by atoms with E-state index in [2.05, 4.69) is 5.32 Å². The Hall–Kier alpha value is -2.00. The molecule has 0 saturated carbocycles. The summed E-state index contributed by atoms with van der Waals surface area (Å²) in [6, 6.07) is 14.4. The van der Waals surface area contributed by atoms with E-state index in [-0.39, 0.29) is 17.7 Å². The summed E-state index contributed by atoms with van der Waals surface area (Å²) in [5, 5.41) is 13.2. The summed E-state index contributed by atoms with van der Waals surface area (Å²) in [5.74, 6) is 0.162. The summed E-state index contributed by atoms with van der Waals surface area (Å²) in [6.45, 7) is 1.90. The number of halogens is 1.